The van der Waals surface area contributed by atoms with Crippen molar-refractivity contribution in [3.05, 3.63) is 0 Å². The zero-order chi connectivity index (χ0) is 22.2. The molecule has 30 heavy (non-hydrogen) atoms. The van der Waals surface area contributed by atoms with Gasteiger partial charge in [0.05, 0.1) is 6.04 Å². The maximum Gasteiger partial charge on any atom is 0.407 e. The van der Waals surface area contributed by atoms with Crippen molar-refractivity contribution in [3.63, 3.8) is 0 Å². The fourth-order valence-electron chi connectivity index (χ4n) is 3.97. The van der Waals surface area contributed by atoms with Crippen molar-refractivity contribution in [1.82, 2.24) is 24.9 Å². The van der Waals surface area contributed by atoms with Crippen LogP contribution in [-0.2, 0) is 4.74 Å². The summed E-state index contributed by atoms with van der Waals surface area (Å²) in [5.41, 5.74) is 0. The van der Waals surface area contributed by atoms with Crippen LogP contribution in [-0.4, -0.2) is 123 Å². The summed E-state index contributed by atoms with van der Waals surface area (Å²) >= 11 is 4.19. The molecular weight excluding hydrogens is 398 g/mol. The van der Waals surface area contributed by atoms with E-state index in [1.54, 1.807) is 0 Å². The van der Waals surface area contributed by atoms with Gasteiger partial charge < -0.3 is 24.8 Å². The minimum Gasteiger partial charge on any atom is -0.448 e. The smallest absolute Gasteiger partial charge is 0.407 e. The van der Waals surface area contributed by atoms with Gasteiger partial charge in [-0.1, -0.05) is 27.7 Å². The Hall–Kier alpha value is -0.540. The Morgan fingerprint density at radius 1 is 0.900 bits per heavy atom. The highest BCUT2D eigenvalue weighted by atomic mass is 32.1. The minimum atomic E-state index is -0.314. The third kappa shape index (κ3) is 11.2. The second kappa shape index (κ2) is 17.1. The van der Waals surface area contributed by atoms with E-state index in [2.05, 4.69) is 65.2 Å². The molecule has 1 atom stereocenters. The van der Waals surface area contributed by atoms with Crippen molar-refractivity contribution >= 4 is 18.7 Å². The van der Waals surface area contributed by atoms with E-state index in [0.29, 0.717) is 13.2 Å². The number of rotatable bonds is 9. The molecule has 1 rings (SSSR count). The highest BCUT2D eigenvalue weighted by Crippen LogP contribution is 2.08. The molecule has 7 nitrogen and oxygen atoms in total. The van der Waals surface area contributed by atoms with Gasteiger partial charge in [0.15, 0.2) is 0 Å². The van der Waals surface area contributed by atoms with Crippen molar-refractivity contribution in [2.24, 2.45) is 0 Å². The van der Waals surface area contributed by atoms with Gasteiger partial charge in [0.25, 0.3) is 0 Å². The van der Waals surface area contributed by atoms with E-state index < -0.39 is 0 Å². The number of carbonyl (C=O) groups excluding carboxylic acids is 1. The molecule has 0 saturated carbocycles. The minimum absolute atomic E-state index is 0.208. The molecule has 0 aromatic heterocycles. The van der Waals surface area contributed by atoms with Gasteiger partial charge in [-0.05, 0) is 57.9 Å². The normalized spacial score (nSPS) is 22.1. The number of amides is 1. The average Bonchev–Trinajstić information content (AvgIpc) is 2.77. The van der Waals surface area contributed by atoms with Crippen LogP contribution in [0.15, 0.2) is 0 Å². The fraction of sp³-hybridized carbons (Fsp3) is 0.955. The standard InChI is InChI=1S/C22H47N5O2S/c1-5-24-12-10-13-25(6-2)16-17-27(8-4)21(19-26(7-3)15-14-24)20-29-22(28)23-11-9-18-30/h21,30H,5-20H2,1-4H3,(H,23,28). The van der Waals surface area contributed by atoms with Gasteiger partial charge in [-0.3, -0.25) is 4.90 Å². The number of carbonyl (C=O) groups is 1. The van der Waals surface area contributed by atoms with E-state index in [-0.39, 0.29) is 12.1 Å². The van der Waals surface area contributed by atoms with E-state index in [1.807, 2.05) is 0 Å². The quantitative estimate of drug-likeness (QED) is 0.419. The summed E-state index contributed by atoms with van der Waals surface area (Å²) in [5.74, 6) is 0.765. The predicted octanol–water partition coefficient (Wildman–Crippen LogP) is 2.09. The molecule has 0 spiro atoms. The van der Waals surface area contributed by atoms with Crippen LogP contribution >= 0.6 is 12.6 Å². The summed E-state index contributed by atoms with van der Waals surface area (Å²) in [4.78, 5) is 22.2. The lowest BCUT2D eigenvalue weighted by Gasteiger charge is -2.35. The molecule has 1 unspecified atom stereocenters. The van der Waals surface area contributed by atoms with E-state index in [9.17, 15) is 4.79 Å². The van der Waals surface area contributed by atoms with Crippen LogP contribution in [0.1, 0.15) is 40.5 Å². The summed E-state index contributed by atoms with van der Waals surface area (Å²) < 4.78 is 5.63. The van der Waals surface area contributed by atoms with E-state index >= 15 is 0 Å². The first-order valence-electron chi connectivity index (χ1n) is 12.0. The molecule has 0 bridgehead atoms. The van der Waals surface area contributed by atoms with Crippen LogP contribution in [0, 0.1) is 0 Å². The molecule has 8 heteroatoms. The van der Waals surface area contributed by atoms with Crippen LogP contribution in [0.5, 0.6) is 0 Å². The summed E-state index contributed by atoms with van der Waals surface area (Å²) in [7, 11) is 0. The molecule has 1 aliphatic rings. The monoisotopic (exact) mass is 445 g/mol. The molecule has 1 fully saturated rings. The highest BCUT2D eigenvalue weighted by Gasteiger charge is 2.23. The van der Waals surface area contributed by atoms with Crippen molar-refractivity contribution in [2.45, 2.75) is 46.6 Å². The Bertz CT molecular complexity index is 444. The molecule has 1 heterocycles. The summed E-state index contributed by atoms with van der Waals surface area (Å²) in [5, 5.41) is 2.83. The molecule has 1 N–H and O–H groups in total. The largest absolute Gasteiger partial charge is 0.448 e. The number of hydrogen-bond donors (Lipinski definition) is 2. The van der Waals surface area contributed by atoms with Gasteiger partial charge in [0.2, 0.25) is 0 Å². The Morgan fingerprint density at radius 3 is 2.07 bits per heavy atom. The Labute approximate surface area is 190 Å². The fourth-order valence-corrected chi connectivity index (χ4v) is 4.13. The van der Waals surface area contributed by atoms with Gasteiger partial charge in [-0.15, -0.1) is 0 Å². The van der Waals surface area contributed by atoms with Crippen LogP contribution < -0.4 is 5.32 Å². The van der Waals surface area contributed by atoms with Crippen LogP contribution in [0.25, 0.3) is 0 Å². The topological polar surface area (TPSA) is 51.3 Å². The molecule has 1 saturated heterocycles. The zero-order valence-electron chi connectivity index (χ0n) is 19.9. The van der Waals surface area contributed by atoms with Crippen molar-refractivity contribution in [3.8, 4) is 0 Å². The predicted molar refractivity (Wildman–Crippen MR) is 130 cm³/mol. The third-order valence-corrected chi connectivity index (χ3v) is 6.45. The molecule has 1 aliphatic heterocycles. The molecular formula is C22H47N5O2S. The number of alkyl carbamates (subject to hydrolysis) is 1. The molecule has 0 aliphatic carbocycles. The first kappa shape index (κ1) is 27.5. The Balaban J connectivity index is 2.82. The first-order chi connectivity index (χ1) is 14.6. The highest BCUT2D eigenvalue weighted by molar-refractivity contribution is 7.80. The lowest BCUT2D eigenvalue weighted by molar-refractivity contribution is 0.0645. The Morgan fingerprint density at radius 2 is 1.50 bits per heavy atom. The van der Waals surface area contributed by atoms with Crippen molar-refractivity contribution in [1.29, 1.82) is 0 Å². The van der Waals surface area contributed by atoms with Crippen molar-refractivity contribution in [2.75, 3.05) is 90.9 Å². The lowest BCUT2D eigenvalue weighted by Crippen LogP contribution is -2.50. The second-order valence-corrected chi connectivity index (χ2v) is 8.45. The molecule has 0 aromatic carbocycles. The van der Waals surface area contributed by atoms with Crippen molar-refractivity contribution < 1.29 is 9.53 Å². The lowest BCUT2D eigenvalue weighted by atomic mass is 10.2. The number of nitrogens with zero attached hydrogens (tertiary/aromatic N) is 4. The maximum atomic E-state index is 12.1. The number of likely N-dealkylation sites (N-methyl/N-ethyl adjacent to an activating group) is 4. The van der Waals surface area contributed by atoms with Gasteiger partial charge in [0.1, 0.15) is 6.61 Å². The van der Waals surface area contributed by atoms with Crippen LogP contribution in [0.3, 0.4) is 0 Å². The van der Waals surface area contributed by atoms with Gasteiger partial charge in [-0.25, -0.2) is 4.79 Å². The second-order valence-electron chi connectivity index (χ2n) is 8.00. The molecule has 1 amide bonds. The number of hydrogen-bond acceptors (Lipinski definition) is 7. The average molecular weight is 446 g/mol. The molecule has 0 aromatic rings. The van der Waals surface area contributed by atoms with Gasteiger partial charge in [-0.2, -0.15) is 12.6 Å². The number of thiol groups is 1. The number of ether oxygens (including phenoxy) is 1. The first-order valence-corrected chi connectivity index (χ1v) is 12.6. The molecule has 0 radical (unpaired) electrons. The van der Waals surface area contributed by atoms with E-state index in [4.69, 9.17) is 4.74 Å². The van der Waals surface area contributed by atoms with Crippen LogP contribution in [0.2, 0.25) is 0 Å². The summed E-state index contributed by atoms with van der Waals surface area (Å²) in [6.07, 6.45) is 1.76. The summed E-state index contributed by atoms with van der Waals surface area (Å²) in [6.45, 7) is 21.6. The van der Waals surface area contributed by atoms with E-state index in [0.717, 1.165) is 77.6 Å². The van der Waals surface area contributed by atoms with Gasteiger partial charge >= 0.3 is 6.09 Å². The maximum absolute atomic E-state index is 12.1. The van der Waals surface area contributed by atoms with Crippen LogP contribution in [0.4, 0.5) is 4.79 Å². The summed E-state index contributed by atoms with van der Waals surface area (Å²) in [6, 6.07) is 0.208. The number of nitrogens with one attached hydrogen (secondary N) is 1. The zero-order valence-corrected chi connectivity index (χ0v) is 20.8. The Kier molecular flexibility index (Phi) is 15.6. The molecule has 178 valence electrons. The third-order valence-electron chi connectivity index (χ3n) is 6.13. The SMILES string of the molecule is CCN1CCCN(CC)CCN(CC)C(COC(=O)NCCCS)CN(CC)CC1. The van der Waals surface area contributed by atoms with E-state index in [1.165, 1.54) is 13.0 Å². The van der Waals surface area contributed by atoms with Gasteiger partial charge in [0, 0.05) is 39.3 Å².